The van der Waals surface area contributed by atoms with E-state index in [1.807, 2.05) is 10.9 Å². The molecule has 1 amide bonds. The van der Waals surface area contributed by atoms with Gasteiger partial charge in [0.25, 0.3) is 0 Å². The maximum atomic E-state index is 12.1. The van der Waals surface area contributed by atoms with Crippen molar-refractivity contribution in [2.45, 2.75) is 43.7 Å². The number of carbonyl (C=O) groups excluding carboxylic acids is 1. The lowest BCUT2D eigenvalue weighted by atomic mass is 10.2. The van der Waals surface area contributed by atoms with Gasteiger partial charge in [-0.05, 0) is 19.3 Å². The van der Waals surface area contributed by atoms with E-state index in [9.17, 15) is 4.79 Å². The maximum absolute atomic E-state index is 12.1. The molecule has 1 aromatic rings. The second-order valence-corrected chi connectivity index (χ2v) is 6.16. The monoisotopic (exact) mass is 292 g/mol. The molecule has 0 bridgehead atoms. The third-order valence-electron chi connectivity index (χ3n) is 4.47. The lowest BCUT2D eigenvalue weighted by Gasteiger charge is -2.18. The smallest absolute Gasteiger partial charge is 0.410 e. The Morgan fingerprint density at radius 1 is 1.33 bits per heavy atom. The average Bonchev–Trinajstić information content (AvgIpc) is 2.94. The van der Waals surface area contributed by atoms with Crippen LogP contribution < -0.4 is 0 Å². The van der Waals surface area contributed by atoms with Crippen molar-refractivity contribution in [1.29, 1.82) is 0 Å². The highest BCUT2D eigenvalue weighted by atomic mass is 16.6. The van der Waals surface area contributed by atoms with E-state index in [1.54, 1.807) is 4.90 Å². The summed E-state index contributed by atoms with van der Waals surface area (Å²) < 4.78 is 12.6. The lowest BCUT2D eigenvalue weighted by molar-refractivity contribution is 0.0589. The third kappa shape index (κ3) is 2.74. The highest BCUT2D eigenvalue weighted by Crippen LogP contribution is 2.39. The van der Waals surface area contributed by atoms with Crippen molar-refractivity contribution in [2.24, 2.45) is 0 Å². The molecule has 1 saturated carbocycles. The van der Waals surface area contributed by atoms with Crippen LogP contribution in [0.3, 0.4) is 0 Å². The van der Waals surface area contributed by atoms with Crippen molar-refractivity contribution in [3.63, 3.8) is 0 Å². The summed E-state index contributed by atoms with van der Waals surface area (Å²) in [7, 11) is 0. The number of nitrogens with zero attached hydrogens (tertiary/aromatic N) is 4. The van der Waals surface area contributed by atoms with Gasteiger partial charge in [0.2, 0.25) is 0 Å². The summed E-state index contributed by atoms with van der Waals surface area (Å²) in [6, 6.07) is 0.220. The Bertz CT molecular complexity index is 522. The fraction of sp³-hybridized carbons (Fsp3) is 0.786. The topological polar surface area (TPSA) is 69.5 Å². The van der Waals surface area contributed by atoms with Gasteiger partial charge in [0.1, 0.15) is 6.10 Å². The zero-order chi connectivity index (χ0) is 14.2. The van der Waals surface area contributed by atoms with Crippen molar-refractivity contribution < 1.29 is 14.3 Å². The van der Waals surface area contributed by atoms with Gasteiger partial charge in [-0.25, -0.2) is 9.48 Å². The quantitative estimate of drug-likeness (QED) is 0.840. The predicted octanol–water partition coefficient (Wildman–Crippen LogP) is 1.33. The van der Waals surface area contributed by atoms with Crippen molar-refractivity contribution in [1.82, 2.24) is 19.9 Å². The first-order chi connectivity index (χ1) is 10.3. The minimum absolute atomic E-state index is 0.0793. The molecule has 0 spiro atoms. The average molecular weight is 292 g/mol. The Balaban J connectivity index is 1.33. The van der Waals surface area contributed by atoms with Crippen LogP contribution in [0.4, 0.5) is 4.79 Å². The van der Waals surface area contributed by atoms with Crippen LogP contribution in [-0.4, -0.2) is 58.4 Å². The summed E-state index contributed by atoms with van der Waals surface area (Å²) in [4.78, 5) is 13.9. The second-order valence-electron chi connectivity index (χ2n) is 6.16. The molecule has 2 saturated heterocycles. The van der Waals surface area contributed by atoms with Gasteiger partial charge < -0.3 is 14.4 Å². The predicted molar refractivity (Wildman–Crippen MR) is 72.9 cm³/mol. The Hall–Kier alpha value is -1.63. The van der Waals surface area contributed by atoms with Crippen LogP contribution in [-0.2, 0) is 9.47 Å². The van der Waals surface area contributed by atoms with Gasteiger partial charge in [0, 0.05) is 31.6 Å². The number of hydrogen-bond donors (Lipinski definition) is 0. The molecular weight excluding hydrogens is 272 g/mol. The minimum atomic E-state index is -0.226. The van der Waals surface area contributed by atoms with Gasteiger partial charge in [-0.3, -0.25) is 0 Å². The highest BCUT2D eigenvalue weighted by Gasteiger charge is 2.33. The van der Waals surface area contributed by atoms with E-state index in [0.717, 1.165) is 25.1 Å². The molecule has 0 unspecified atom stereocenters. The Morgan fingerprint density at radius 3 is 3.00 bits per heavy atom. The molecule has 1 aromatic heterocycles. The summed E-state index contributed by atoms with van der Waals surface area (Å²) in [5.41, 5.74) is 1.10. The zero-order valence-corrected chi connectivity index (χ0v) is 12.0. The molecule has 114 valence electrons. The van der Waals surface area contributed by atoms with Crippen LogP contribution in [0.1, 0.15) is 43.3 Å². The van der Waals surface area contributed by atoms with Crippen LogP contribution in [0.15, 0.2) is 6.20 Å². The molecule has 7 nitrogen and oxygen atoms in total. The molecule has 3 heterocycles. The molecule has 0 aromatic carbocycles. The number of carbonyl (C=O) groups is 1. The number of amides is 1. The largest absolute Gasteiger partial charge is 0.444 e. The Labute approximate surface area is 123 Å². The first-order valence-electron chi connectivity index (χ1n) is 7.74. The lowest BCUT2D eigenvalue weighted by Crippen LogP contribution is -2.33. The molecule has 1 aliphatic carbocycles. The number of ether oxygens (including phenoxy) is 2. The second kappa shape index (κ2) is 5.29. The normalized spacial score (nSPS) is 29.0. The molecule has 2 aliphatic heterocycles. The first-order valence-corrected chi connectivity index (χ1v) is 7.74. The summed E-state index contributed by atoms with van der Waals surface area (Å²) in [6.45, 7) is 2.58. The highest BCUT2D eigenvalue weighted by molar-refractivity contribution is 5.68. The van der Waals surface area contributed by atoms with Crippen molar-refractivity contribution in [3.05, 3.63) is 11.9 Å². The molecule has 0 N–H and O–H groups in total. The van der Waals surface area contributed by atoms with Crippen LogP contribution >= 0.6 is 0 Å². The number of hydrogen-bond acceptors (Lipinski definition) is 5. The molecule has 3 fully saturated rings. The molecule has 2 atom stereocenters. The van der Waals surface area contributed by atoms with Crippen LogP contribution in [0.25, 0.3) is 0 Å². The standard InChI is InChI=1S/C14H20N4O3/c19-14(21-12-4-6-20-9-12)17-5-3-11(7-17)18-8-13(15-16-18)10-1-2-10/h8,10-12H,1-7,9H2/t11-,12-/m0/s1. The number of rotatable bonds is 3. The zero-order valence-electron chi connectivity index (χ0n) is 12.0. The molecule has 4 rings (SSSR count). The van der Waals surface area contributed by atoms with Gasteiger partial charge in [-0.2, -0.15) is 0 Å². The molecule has 3 aliphatic rings. The third-order valence-corrected chi connectivity index (χ3v) is 4.47. The van der Waals surface area contributed by atoms with Crippen molar-refractivity contribution >= 4 is 6.09 Å². The number of likely N-dealkylation sites (tertiary alicyclic amines) is 1. The van der Waals surface area contributed by atoms with E-state index in [4.69, 9.17) is 9.47 Å². The first kappa shape index (κ1) is 13.1. The van der Waals surface area contributed by atoms with Gasteiger partial charge in [-0.1, -0.05) is 5.21 Å². The van der Waals surface area contributed by atoms with E-state index >= 15 is 0 Å². The molecule has 0 radical (unpaired) electrons. The maximum Gasteiger partial charge on any atom is 0.410 e. The fourth-order valence-electron chi connectivity index (χ4n) is 2.98. The molecule has 21 heavy (non-hydrogen) atoms. The van der Waals surface area contributed by atoms with Crippen LogP contribution in [0.5, 0.6) is 0 Å². The van der Waals surface area contributed by atoms with Gasteiger partial charge >= 0.3 is 6.09 Å². The van der Waals surface area contributed by atoms with E-state index < -0.39 is 0 Å². The summed E-state index contributed by atoms with van der Waals surface area (Å²) in [6.07, 6.45) is 5.90. The van der Waals surface area contributed by atoms with Crippen LogP contribution in [0.2, 0.25) is 0 Å². The van der Waals surface area contributed by atoms with E-state index in [-0.39, 0.29) is 18.2 Å². The van der Waals surface area contributed by atoms with E-state index in [0.29, 0.717) is 25.7 Å². The summed E-state index contributed by atoms with van der Waals surface area (Å²) in [5, 5.41) is 8.46. The van der Waals surface area contributed by atoms with Gasteiger partial charge in [0.05, 0.1) is 24.9 Å². The van der Waals surface area contributed by atoms with Gasteiger partial charge in [0.15, 0.2) is 0 Å². The minimum Gasteiger partial charge on any atom is -0.444 e. The Kier molecular flexibility index (Phi) is 3.29. The van der Waals surface area contributed by atoms with E-state index in [1.165, 1.54) is 12.8 Å². The summed E-state index contributed by atoms with van der Waals surface area (Å²) >= 11 is 0. The SMILES string of the molecule is O=C(O[C@H]1CCOC1)N1CC[C@H](n2cc(C3CC3)nn2)C1. The summed E-state index contributed by atoms with van der Waals surface area (Å²) in [5.74, 6) is 0.614. The molecular formula is C14H20N4O3. The number of aromatic nitrogens is 3. The van der Waals surface area contributed by atoms with Crippen molar-refractivity contribution in [3.8, 4) is 0 Å². The van der Waals surface area contributed by atoms with Gasteiger partial charge in [-0.15, -0.1) is 5.10 Å². The Morgan fingerprint density at radius 2 is 2.24 bits per heavy atom. The fourth-order valence-corrected chi connectivity index (χ4v) is 2.98. The molecule has 7 heteroatoms. The van der Waals surface area contributed by atoms with Crippen molar-refractivity contribution in [2.75, 3.05) is 26.3 Å². The van der Waals surface area contributed by atoms with E-state index in [2.05, 4.69) is 10.3 Å². The van der Waals surface area contributed by atoms with Crippen LogP contribution in [0, 0.1) is 0 Å².